The van der Waals surface area contributed by atoms with Crippen LogP contribution in [-0.2, 0) is 4.74 Å². The molecule has 0 radical (unpaired) electrons. The van der Waals surface area contributed by atoms with Crippen LogP contribution in [0.5, 0.6) is 5.75 Å². The van der Waals surface area contributed by atoms with Crippen LogP contribution >= 0.6 is 0 Å². The number of para-hydroxylation sites is 1. The highest BCUT2D eigenvalue weighted by molar-refractivity contribution is 5.80. The maximum Gasteiger partial charge on any atom is 0.191 e. The van der Waals surface area contributed by atoms with E-state index in [0.29, 0.717) is 6.54 Å². The molecule has 0 amide bonds. The molecule has 116 valence electrons. The summed E-state index contributed by atoms with van der Waals surface area (Å²) in [7, 11) is 1.69. The van der Waals surface area contributed by atoms with Gasteiger partial charge in [0.15, 0.2) is 5.96 Å². The molecule has 0 aromatic heterocycles. The Morgan fingerprint density at radius 3 is 2.81 bits per heavy atom. The number of nitrogens with one attached hydrogen (secondary N) is 2. The van der Waals surface area contributed by atoms with Gasteiger partial charge in [0.2, 0.25) is 0 Å². The van der Waals surface area contributed by atoms with E-state index in [1.54, 1.807) is 7.11 Å². The van der Waals surface area contributed by atoms with Crippen molar-refractivity contribution < 1.29 is 9.47 Å². The highest BCUT2D eigenvalue weighted by Crippen LogP contribution is 2.27. The molecule has 0 bridgehead atoms. The zero-order chi connectivity index (χ0) is 15.1. The molecule has 1 aliphatic rings. The van der Waals surface area contributed by atoms with Crippen molar-refractivity contribution in [3.8, 4) is 5.75 Å². The number of ether oxygens (including phenoxy) is 2. The van der Waals surface area contributed by atoms with Crippen LogP contribution in [0.25, 0.3) is 0 Å². The largest absolute Gasteiger partial charge is 0.496 e. The van der Waals surface area contributed by atoms with Crippen LogP contribution in [-0.4, -0.2) is 38.8 Å². The third-order valence-electron chi connectivity index (χ3n) is 3.27. The van der Waals surface area contributed by atoms with E-state index in [1.165, 1.54) is 0 Å². The van der Waals surface area contributed by atoms with E-state index in [0.717, 1.165) is 36.8 Å². The molecule has 0 spiro atoms. The first-order valence-corrected chi connectivity index (χ1v) is 7.51. The lowest BCUT2D eigenvalue weighted by molar-refractivity contribution is 0.00818. The zero-order valence-electron chi connectivity index (χ0n) is 13.1. The van der Waals surface area contributed by atoms with Crippen LogP contribution in [0.2, 0.25) is 0 Å². The molecular weight excluding hydrogens is 266 g/mol. The minimum atomic E-state index is -0.0763. The molecule has 0 fully saturated rings. The highest BCUT2D eigenvalue weighted by Gasteiger charge is 2.18. The van der Waals surface area contributed by atoms with Crippen molar-refractivity contribution in [1.82, 2.24) is 10.6 Å². The fraction of sp³-hybridized carbons (Fsp3) is 0.562. The Morgan fingerprint density at radius 2 is 2.14 bits per heavy atom. The van der Waals surface area contributed by atoms with Crippen LogP contribution in [0.1, 0.15) is 31.9 Å². The summed E-state index contributed by atoms with van der Waals surface area (Å²) in [5.41, 5.74) is 1.05. The molecule has 1 aromatic rings. The lowest BCUT2D eigenvalue weighted by Crippen LogP contribution is -2.42. The number of benzene rings is 1. The lowest BCUT2D eigenvalue weighted by Gasteiger charge is -2.25. The van der Waals surface area contributed by atoms with E-state index in [2.05, 4.69) is 15.6 Å². The van der Waals surface area contributed by atoms with Gasteiger partial charge in [-0.3, -0.25) is 4.99 Å². The Labute approximate surface area is 126 Å². The minimum absolute atomic E-state index is 0.0763. The minimum Gasteiger partial charge on any atom is -0.496 e. The highest BCUT2D eigenvalue weighted by atomic mass is 16.5. The lowest BCUT2D eigenvalue weighted by atomic mass is 10.1. The Morgan fingerprint density at radius 1 is 1.33 bits per heavy atom. The molecule has 2 rings (SSSR count). The summed E-state index contributed by atoms with van der Waals surface area (Å²) >= 11 is 0. The van der Waals surface area contributed by atoms with Crippen LogP contribution < -0.4 is 15.4 Å². The maximum atomic E-state index is 6.04. The number of rotatable bonds is 6. The maximum absolute atomic E-state index is 6.04. The van der Waals surface area contributed by atoms with E-state index in [1.807, 2.05) is 38.1 Å². The molecule has 0 saturated heterocycles. The second kappa shape index (κ2) is 7.88. The summed E-state index contributed by atoms with van der Waals surface area (Å²) in [6.45, 7) is 6.58. The number of nitrogens with zero attached hydrogens (tertiary/aromatic N) is 1. The van der Waals surface area contributed by atoms with Crippen LogP contribution in [0.15, 0.2) is 29.3 Å². The number of methoxy groups -OCH3 is 1. The molecule has 5 nitrogen and oxygen atoms in total. The van der Waals surface area contributed by atoms with E-state index >= 15 is 0 Å². The number of hydrogen-bond acceptors (Lipinski definition) is 5. The van der Waals surface area contributed by atoms with Gasteiger partial charge in [-0.2, -0.15) is 0 Å². The summed E-state index contributed by atoms with van der Waals surface area (Å²) < 4.78 is 11.5. The molecule has 1 aromatic carbocycles. The standard InChI is InChI=1S/C16H25N3O2/c1-12(2)21-15(11-19-16-17-9-6-10-18-16)13-7-4-5-8-14(13)20-3/h4-5,7-8,12,15H,6,9-11H2,1-3H3,(H2,17,18,19). The number of hydrogen-bond donors (Lipinski definition) is 2. The predicted octanol–water partition coefficient (Wildman–Crippen LogP) is 2.10. The summed E-state index contributed by atoms with van der Waals surface area (Å²) in [5, 5.41) is 6.60. The van der Waals surface area contributed by atoms with E-state index in [4.69, 9.17) is 9.47 Å². The fourth-order valence-corrected chi connectivity index (χ4v) is 2.33. The predicted molar refractivity (Wildman–Crippen MR) is 84.9 cm³/mol. The summed E-state index contributed by atoms with van der Waals surface area (Å²) in [5.74, 6) is 1.71. The first-order chi connectivity index (χ1) is 10.2. The Kier molecular flexibility index (Phi) is 5.87. The smallest absolute Gasteiger partial charge is 0.191 e. The first kappa shape index (κ1) is 15.6. The SMILES string of the molecule is COc1ccccc1C(CNC1=NCCCN1)OC(C)C. The van der Waals surface area contributed by atoms with Crippen molar-refractivity contribution in [2.75, 3.05) is 26.7 Å². The fourth-order valence-electron chi connectivity index (χ4n) is 2.33. The zero-order valence-corrected chi connectivity index (χ0v) is 13.1. The molecular formula is C16H25N3O2. The second-order valence-corrected chi connectivity index (χ2v) is 5.31. The third kappa shape index (κ3) is 4.63. The van der Waals surface area contributed by atoms with Crippen LogP contribution in [0.4, 0.5) is 0 Å². The van der Waals surface area contributed by atoms with E-state index < -0.39 is 0 Å². The normalized spacial score (nSPS) is 16.1. The topological polar surface area (TPSA) is 54.9 Å². The van der Waals surface area contributed by atoms with Crippen molar-refractivity contribution in [3.63, 3.8) is 0 Å². The van der Waals surface area contributed by atoms with Gasteiger partial charge in [-0.1, -0.05) is 18.2 Å². The molecule has 21 heavy (non-hydrogen) atoms. The summed E-state index contributed by atoms with van der Waals surface area (Å²) in [6.07, 6.45) is 1.15. The molecule has 1 atom stereocenters. The van der Waals surface area contributed by atoms with Crippen molar-refractivity contribution in [2.45, 2.75) is 32.5 Å². The molecule has 2 N–H and O–H groups in total. The average Bonchev–Trinajstić information content (AvgIpc) is 2.52. The quantitative estimate of drug-likeness (QED) is 0.843. The van der Waals surface area contributed by atoms with Crippen LogP contribution in [0, 0.1) is 0 Å². The number of guanidine groups is 1. The molecule has 0 saturated carbocycles. The van der Waals surface area contributed by atoms with Gasteiger partial charge in [0.1, 0.15) is 11.9 Å². The molecule has 1 unspecified atom stereocenters. The van der Waals surface area contributed by atoms with Gasteiger partial charge in [-0.05, 0) is 26.3 Å². The van der Waals surface area contributed by atoms with Crippen molar-refractivity contribution in [3.05, 3.63) is 29.8 Å². The third-order valence-corrected chi connectivity index (χ3v) is 3.27. The van der Waals surface area contributed by atoms with Gasteiger partial charge in [0, 0.05) is 25.2 Å². The Balaban J connectivity index is 2.08. The molecule has 1 heterocycles. The summed E-state index contributed by atoms with van der Waals surface area (Å²) in [4.78, 5) is 4.42. The number of aliphatic imine (C=N–C) groups is 1. The average molecular weight is 291 g/mol. The second-order valence-electron chi connectivity index (χ2n) is 5.31. The Hall–Kier alpha value is -1.75. The van der Waals surface area contributed by atoms with Crippen molar-refractivity contribution in [2.24, 2.45) is 4.99 Å². The van der Waals surface area contributed by atoms with Gasteiger partial charge in [0.05, 0.1) is 13.2 Å². The van der Waals surface area contributed by atoms with Crippen molar-refractivity contribution >= 4 is 5.96 Å². The molecule has 0 aliphatic carbocycles. The summed E-state index contributed by atoms with van der Waals surface area (Å²) in [6, 6.07) is 7.98. The Bertz CT molecular complexity index is 474. The van der Waals surface area contributed by atoms with Gasteiger partial charge >= 0.3 is 0 Å². The van der Waals surface area contributed by atoms with E-state index in [9.17, 15) is 0 Å². The van der Waals surface area contributed by atoms with Crippen LogP contribution in [0.3, 0.4) is 0 Å². The molecule has 5 heteroatoms. The van der Waals surface area contributed by atoms with Gasteiger partial charge in [0.25, 0.3) is 0 Å². The molecule has 1 aliphatic heterocycles. The monoisotopic (exact) mass is 291 g/mol. The first-order valence-electron chi connectivity index (χ1n) is 7.51. The van der Waals surface area contributed by atoms with Crippen molar-refractivity contribution in [1.29, 1.82) is 0 Å². The van der Waals surface area contributed by atoms with E-state index in [-0.39, 0.29) is 12.2 Å². The van der Waals surface area contributed by atoms with Gasteiger partial charge in [-0.15, -0.1) is 0 Å². The van der Waals surface area contributed by atoms with Gasteiger partial charge in [-0.25, -0.2) is 0 Å². The van der Waals surface area contributed by atoms with Gasteiger partial charge < -0.3 is 20.1 Å².